The van der Waals surface area contributed by atoms with E-state index in [1.54, 1.807) is 13.8 Å². The van der Waals surface area contributed by atoms with E-state index in [9.17, 15) is 10.2 Å². The van der Waals surface area contributed by atoms with Gasteiger partial charge in [0.1, 0.15) is 0 Å². The van der Waals surface area contributed by atoms with E-state index in [0.29, 0.717) is 12.8 Å². The number of hydrogen-bond acceptors (Lipinski definition) is 2. The summed E-state index contributed by atoms with van der Waals surface area (Å²) < 4.78 is 0. The van der Waals surface area contributed by atoms with Crippen LogP contribution in [0.4, 0.5) is 0 Å². The molecule has 1 rings (SSSR count). The maximum absolute atomic E-state index is 10.8. The summed E-state index contributed by atoms with van der Waals surface area (Å²) >= 11 is 0. The summed E-state index contributed by atoms with van der Waals surface area (Å²) in [7, 11) is 0. The van der Waals surface area contributed by atoms with Gasteiger partial charge in [0.15, 0.2) is 0 Å². The van der Waals surface area contributed by atoms with E-state index < -0.39 is 11.2 Å². The number of benzene rings is 1. The molecule has 0 bridgehead atoms. The molecule has 1 aromatic carbocycles. The molecular formula is C15H24O2. The summed E-state index contributed by atoms with van der Waals surface area (Å²) in [5.74, 6) is 0. The SMILES string of the molecule is CCCCC(O)(CC(C)(C)O)c1ccccc1. The molecular weight excluding hydrogens is 212 g/mol. The highest BCUT2D eigenvalue weighted by molar-refractivity contribution is 5.22. The van der Waals surface area contributed by atoms with Gasteiger partial charge in [0.05, 0.1) is 11.2 Å². The van der Waals surface area contributed by atoms with Gasteiger partial charge in [0.25, 0.3) is 0 Å². The first-order chi connectivity index (χ1) is 7.87. The molecule has 0 saturated carbocycles. The lowest BCUT2D eigenvalue weighted by Gasteiger charge is -2.34. The third-order valence-corrected chi connectivity index (χ3v) is 2.98. The highest BCUT2D eigenvalue weighted by atomic mass is 16.3. The summed E-state index contributed by atoms with van der Waals surface area (Å²) in [6, 6.07) is 9.66. The first-order valence-corrected chi connectivity index (χ1v) is 6.38. The average Bonchev–Trinajstić information content (AvgIpc) is 2.25. The van der Waals surface area contributed by atoms with Crippen LogP contribution in [-0.2, 0) is 5.60 Å². The summed E-state index contributed by atoms with van der Waals surface area (Å²) in [5.41, 5.74) is -0.885. The zero-order valence-corrected chi connectivity index (χ0v) is 11.1. The molecule has 0 aliphatic heterocycles. The summed E-state index contributed by atoms with van der Waals surface area (Å²) in [4.78, 5) is 0. The van der Waals surface area contributed by atoms with Crippen LogP contribution >= 0.6 is 0 Å². The molecule has 2 N–H and O–H groups in total. The topological polar surface area (TPSA) is 40.5 Å². The Kier molecular flexibility index (Phi) is 4.72. The number of unbranched alkanes of at least 4 members (excludes halogenated alkanes) is 1. The molecule has 0 amide bonds. The van der Waals surface area contributed by atoms with Crippen LogP contribution in [0.5, 0.6) is 0 Å². The second-order valence-electron chi connectivity index (χ2n) is 5.49. The Hall–Kier alpha value is -0.860. The van der Waals surface area contributed by atoms with Crippen molar-refractivity contribution in [3.05, 3.63) is 35.9 Å². The minimum Gasteiger partial charge on any atom is -0.390 e. The fraction of sp³-hybridized carbons (Fsp3) is 0.600. The van der Waals surface area contributed by atoms with E-state index in [1.807, 2.05) is 30.3 Å². The maximum Gasteiger partial charge on any atom is 0.0923 e. The standard InChI is InChI=1S/C15H24O2/c1-4-5-11-15(17,12-14(2,3)16)13-9-7-6-8-10-13/h6-10,16-17H,4-5,11-12H2,1-3H3. The smallest absolute Gasteiger partial charge is 0.0923 e. The van der Waals surface area contributed by atoms with Gasteiger partial charge in [-0.3, -0.25) is 0 Å². The van der Waals surface area contributed by atoms with Gasteiger partial charge in [-0.1, -0.05) is 50.1 Å². The Morgan fingerprint density at radius 3 is 2.12 bits per heavy atom. The van der Waals surface area contributed by atoms with Gasteiger partial charge in [-0.05, 0) is 25.8 Å². The van der Waals surface area contributed by atoms with E-state index in [2.05, 4.69) is 6.92 Å². The minimum atomic E-state index is -0.921. The van der Waals surface area contributed by atoms with Crippen molar-refractivity contribution >= 4 is 0 Å². The van der Waals surface area contributed by atoms with Crippen LogP contribution < -0.4 is 0 Å². The zero-order valence-electron chi connectivity index (χ0n) is 11.1. The lowest BCUT2D eigenvalue weighted by atomic mass is 9.80. The predicted molar refractivity (Wildman–Crippen MR) is 70.8 cm³/mol. The van der Waals surface area contributed by atoms with Gasteiger partial charge in [-0.15, -0.1) is 0 Å². The second kappa shape index (κ2) is 5.65. The molecule has 1 aromatic rings. The normalized spacial score (nSPS) is 15.6. The fourth-order valence-corrected chi connectivity index (χ4v) is 2.27. The van der Waals surface area contributed by atoms with E-state index in [4.69, 9.17) is 0 Å². The van der Waals surface area contributed by atoms with Crippen molar-refractivity contribution in [1.82, 2.24) is 0 Å². The van der Waals surface area contributed by atoms with E-state index in [0.717, 1.165) is 18.4 Å². The number of aliphatic hydroxyl groups is 2. The highest BCUT2D eigenvalue weighted by Crippen LogP contribution is 2.34. The Morgan fingerprint density at radius 1 is 1.06 bits per heavy atom. The molecule has 0 fully saturated rings. The highest BCUT2D eigenvalue weighted by Gasteiger charge is 2.34. The Labute approximate surface area is 104 Å². The molecule has 0 heterocycles. The molecule has 1 unspecified atom stereocenters. The van der Waals surface area contributed by atoms with E-state index >= 15 is 0 Å². The van der Waals surface area contributed by atoms with E-state index in [-0.39, 0.29) is 0 Å². The Morgan fingerprint density at radius 2 is 1.65 bits per heavy atom. The maximum atomic E-state index is 10.8. The molecule has 2 nitrogen and oxygen atoms in total. The van der Waals surface area contributed by atoms with Crippen LogP contribution in [0.15, 0.2) is 30.3 Å². The van der Waals surface area contributed by atoms with Crippen molar-refractivity contribution in [2.24, 2.45) is 0 Å². The third-order valence-electron chi connectivity index (χ3n) is 2.98. The van der Waals surface area contributed by atoms with Gasteiger partial charge in [0.2, 0.25) is 0 Å². The Bertz CT molecular complexity index is 327. The van der Waals surface area contributed by atoms with Crippen LogP contribution in [0.3, 0.4) is 0 Å². The van der Waals surface area contributed by atoms with E-state index in [1.165, 1.54) is 0 Å². The number of hydrogen-bond donors (Lipinski definition) is 2. The van der Waals surface area contributed by atoms with Crippen molar-refractivity contribution < 1.29 is 10.2 Å². The largest absolute Gasteiger partial charge is 0.390 e. The van der Waals surface area contributed by atoms with Gasteiger partial charge in [0, 0.05) is 6.42 Å². The van der Waals surface area contributed by atoms with Crippen LogP contribution in [0, 0.1) is 0 Å². The second-order valence-corrected chi connectivity index (χ2v) is 5.49. The van der Waals surface area contributed by atoms with Crippen LogP contribution in [-0.4, -0.2) is 15.8 Å². The zero-order chi connectivity index (χ0) is 12.9. The molecule has 96 valence electrons. The van der Waals surface area contributed by atoms with Crippen LogP contribution in [0.2, 0.25) is 0 Å². The van der Waals surface area contributed by atoms with Crippen LogP contribution in [0.1, 0.15) is 52.0 Å². The summed E-state index contributed by atoms with van der Waals surface area (Å²) in [5, 5.41) is 20.7. The first kappa shape index (κ1) is 14.2. The molecule has 0 spiro atoms. The van der Waals surface area contributed by atoms with Gasteiger partial charge >= 0.3 is 0 Å². The van der Waals surface area contributed by atoms with Gasteiger partial charge in [-0.25, -0.2) is 0 Å². The molecule has 0 saturated heterocycles. The molecule has 0 aromatic heterocycles. The quantitative estimate of drug-likeness (QED) is 0.796. The third kappa shape index (κ3) is 4.49. The minimum absolute atomic E-state index is 0.365. The van der Waals surface area contributed by atoms with Gasteiger partial charge in [-0.2, -0.15) is 0 Å². The molecule has 2 heteroatoms. The lowest BCUT2D eigenvalue weighted by molar-refractivity contribution is -0.0568. The molecule has 0 aliphatic carbocycles. The summed E-state index contributed by atoms with van der Waals surface area (Å²) in [6.45, 7) is 5.59. The van der Waals surface area contributed by atoms with Crippen molar-refractivity contribution in [2.75, 3.05) is 0 Å². The predicted octanol–water partition coefficient (Wildman–Crippen LogP) is 3.23. The number of rotatable bonds is 6. The van der Waals surface area contributed by atoms with Crippen LogP contribution in [0.25, 0.3) is 0 Å². The average molecular weight is 236 g/mol. The van der Waals surface area contributed by atoms with Gasteiger partial charge < -0.3 is 10.2 Å². The fourth-order valence-electron chi connectivity index (χ4n) is 2.27. The molecule has 17 heavy (non-hydrogen) atoms. The van der Waals surface area contributed by atoms with Crippen molar-refractivity contribution in [3.63, 3.8) is 0 Å². The van der Waals surface area contributed by atoms with Crippen molar-refractivity contribution in [3.8, 4) is 0 Å². The summed E-state index contributed by atoms with van der Waals surface area (Å²) in [6.07, 6.45) is 3.06. The molecule has 0 aliphatic rings. The van der Waals surface area contributed by atoms with Crippen molar-refractivity contribution in [2.45, 2.75) is 57.7 Å². The molecule has 0 radical (unpaired) electrons. The molecule has 1 atom stereocenters. The monoisotopic (exact) mass is 236 g/mol. The first-order valence-electron chi connectivity index (χ1n) is 6.38. The lowest BCUT2D eigenvalue weighted by Crippen LogP contribution is -2.35. The Balaban J connectivity index is 2.93. The van der Waals surface area contributed by atoms with Crippen molar-refractivity contribution in [1.29, 1.82) is 0 Å².